The summed E-state index contributed by atoms with van der Waals surface area (Å²) < 4.78 is 30.8. The minimum absolute atomic E-state index is 0.00677. The van der Waals surface area contributed by atoms with Crippen LogP contribution in [0.2, 0.25) is 0 Å². The molecule has 232 valence electrons. The Kier molecular flexibility index (Phi) is 11.0. The van der Waals surface area contributed by atoms with Gasteiger partial charge in [0.25, 0.3) is 5.56 Å². The molecule has 1 amide bonds. The van der Waals surface area contributed by atoms with Gasteiger partial charge in [-0.1, -0.05) is 49.4 Å². The van der Waals surface area contributed by atoms with E-state index in [2.05, 4.69) is 23.6 Å². The van der Waals surface area contributed by atoms with Crippen molar-refractivity contribution in [1.29, 1.82) is 0 Å². The van der Waals surface area contributed by atoms with Gasteiger partial charge in [0.1, 0.15) is 17.2 Å². The number of benzene rings is 3. The van der Waals surface area contributed by atoms with Gasteiger partial charge in [-0.3, -0.25) is 19.1 Å². The maximum absolute atomic E-state index is 13.9. The molecular formula is C34H38F2N4O4. The number of amides is 1. The number of halogens is 2. The van der Waals surface area contributed by atoms with E-state index in [0.717, 1.165) is 30.2 Å². The highest BCUT2D eigenvalue weighted by molar-refractivity contribution is 5.98. The summed E-state index contributed by atoms with van der Waals surface area (Å²) >= 11 is 0. The van der Waals surface area contributed by atoms with Crippen LogP contribution in [-0.2, 0) is 31.2 Å². The Balaban J connectivity index is 1.43. The molecule has 0 saturated carbocycles. The number of carbonyl (C=O) groups is 2. The number of nitrogens with one attached hydrogen (secondary N) is 2. The summed E-state index contributed by atoms with van der Waals surface area (Å²) in [6.45, 7) is 4.31. The Bertz CT molecular complexity index is 1650. The molecule has 1 heterocycles. The minimum atomic E-state index is -1.11. The van der Waals surface area contributed by atoms with Gasteiger partial charge in [0.15, 0.2) is 5.78 Å². The number of aliphatic hydroxyl groups is 1. The summed E-state index contributed by atoms with van der Waals surface area (Å²) in [5, 5.41) is 16.9. The number of nitrogens with zero attached hydrogens (tertiary/aromatic N) is 2. The van der Waals surface area contributed by atoms with E-state index in [1.54, 1.807) is 42.9 Å². The lowest BCUT2D eigenvalue weighted by atomic mass is 10.00. The van der Waals surface area contributed by atoms with E-state index in [0.29, 0.717) is 17.9 Å². The van der Waals surface area contributed by atoms with Crippen molar-refractivity contribution in [2.24, 2.45) is 7.05 Å². The van der Waals surface area contributed by atoms with Gasteiger partial charge in [0.05, 0.1) is 17.8 Å². The van der Waals surface area contributed by atoms with Gasteiger partial charge in [0.2, 0.25) is 5.91 Å². The van der Waals surface area contributed by atoms with Gasteiger partial charge in [-0.25, -0.2) is 13.5 Å². The molecule has 0 aliphatic carbocycles. The SMILES string of the molecule is CCc1cccc(CNC[C@@H](O)[C@H](Cc2cc(F)cc(F)c2)NC(=O)CCC(=O)c2c(C)n(C)n(-c3ccccc3)c2=O)c1. The number of carbonyl (C=O) groups excluding carboxylic acids is 2. The molecule has 0 aliphatic heterocycles. The van der Waals surface area contributed by atoms with Crippen LogP contribution in [0.1, 0.15) is 52.5 Å². The fourth-order valence-corrected chi connectivity index (χ4v) is 5.25. The third-order valence-corrected chi connectivity index (χ3v) is 7.68. The van der Waals surface area contributed by atoms with E-state index in [4.69, 9.17) is 0 Å². The topological polar surface area (TPSA) is 105 Å². The van der Waals surface area contributed by atoms with Crippen molar-refractivity contribution < 1.29 is 23.5 Å². The maximum atomic E-state index is 13.9. The number of rotatable bonds is 14. The van der Waals surface area contributed by atoms with Gasteiger partial charge in [-0.2, -0.15) is 0 Å². The summed E-state index contributed by atoms with van der Waals surface area (Å²) in [5.74, 6) is -2.54. The normalized spacial score (nSPS) is 12.6. The highest BCUT2D eigenvalue weighted by Crippen LogP contribution is 2.15. The number of aryl methyl sites for hydroxylation is 1. The monoisotopic (exact) mass is 604 g/mol. The standard InChI is InChI=1S/C34H38F2N4O4/c1-4-23-9-8-10-24(15-23)20-37-21-31(42)29(18-25-16-26(35)19-27(36)17-25)38-32(43)14-13-30(41)33-22(2)39(3)40(34(33)44)28-11-6-5-7-12-28/h5-12,15-17,19,29,31,37,42H,4,13-14,18,20-21H2,1-3H3,(H,38,43)/t29-,31+/m0/s1. The van der Waals surface area contributed by atoms with Crippen LogP contribution in [0, 0.1) is 18.6 Å². The fourth-order valence-electron chi connectivity index (χ4n) is 5.25. The number of hydrogen-bond acceptors (Lipinski definition) is 5. The molecule has 4 aromatic rings. The van der Waals surface area contributed by atoms with Crippen LogP contribution >= 0.6 is 0 Å². The van der Waals surface area contributed by atoms with Gasteiger partial charge < -0.3 is 15.7 Å². The second-order valence-electron chi connectivity index (χ2n) is 10.9. The first-order valence-corrected chi connectivity index (χ1v) is 14.7. The third kappa shape index (κ3) is 8.15. The Morgan fingerprint density at radius 3 is 2.27 bits per heavy atom. The van der Waals surface area contributed by atoms with Crippen molar-refractivity contribution in [3.8, 4) is 5.69 Å². The van der Waals surface area contributed by atoms with Crippen LogP contribution in [0.25, 0.3) is 5.69 Å². The van der Waals surface area contributed by atoms with Gasteiger partial charge in [0, 0.05) is 44.7 Å². The molecule has 0 spiro atoms. The van der Waals surface area contributed by atoms with Crippen molar-refractivity contribution in [2.75, 3.05) is 6.54 Å². The number of para-hydroxylation sites is 1. The number of aliphatic hydroxyl groups excluding tert-OH is 1. The lowest BCUT2D eigenvalue weighted by molar-refractivity contribution is -0.122. The fraction of sp³-hybridized carbons (Fsp3) is 0.324. The van der Waals surface area contributed by atoms with Crippen LogP contribution in [0.4, 0.5) is 8.78 Å². The molecule has 8 nitrogen and oxygen atoms in total. The average molecular weight is 605 g/mol. The van der Waals surface area contributed by atoms with E-state index >= 15 is 0 Å². The molecule has 0 saturated heterocycles. The molecule has 44 heavy (non-hydrogen) atoms. The molecule has 1 aromatic heterocycles. The second kappa shape index (κ2) is 14.9. The first-order chi connectivity index (χ1) is 21.1. The van der Waals surface area contributed by atoms with Crippen molar-refractivity contribution in [1.82, 2.24) is 20.0 Å². The number of ketones is 1. The molecule has 0 bridgehead atoms. The predicted octanol–water partition coefficient (Wildman–Crippen LogP) is 4.17. The summed E-state index contributed by atoms with van der Waals surface area (Å²) in [7, 11) is 1.68. The quantitative estimate of drug-likeness (QED) is 0.188. The number of hydrogen-bond donors (Lipinski definition) is 3. The molecule has 2 atom stereocenters. The first kappa shape index (κ1) is 32.5. The Labute approximate surface area is 255 Å². The average Bonchev–Trinajstić information content (AvgIpc) is 3.22. The zero-order valence-corrected chi connectivity index (χ0v) is 25.1. The predicted molar refractivity (Wildman–Crippen MR) is 165 cm³/mol. The second-order valence-corrected chi connectivity index (χ2v) is 10.9. The summed E-state index contributed by atoms with van der Waals surface area (Å²) in [6, 6.07) is 19.1. The maximum Gasteiger partial charge on any atom is 0.282 e. The van der Waals surface area contributed by atoms with Crippen molar-refractivity contribution in [3.63, 3.8) is 0 Å². The van der Waals surface area contributed by atoms with Crippen molar-refractivity contribution in [3.05, 3.63) is 123 Å². The van der Waals surface area contributed by atoms with Crippen LogP contribution < -0.4 is 16.2 Å². The van der Waals surface area contributed by atoms with E-state index < -0.39 is 41.0 Å². The van der Waals surface area contributed by atoms with E-state index in [9.17, 15) is 28.3 Å². The zero-order chi connectivity index (χ0) is 31.8. The molecule has 3 N–H and O–H groups in total. The highest BCUT2D eigenvalue weighted by atomic mass is 19.1. The molecule has 4 rings (SSSR count). The smallest absolute Gasteiger partial charge is 0.282 e. The van der Waals surface area contributed by atoms with Gasteiger partial charge >= 0.3 is 0 Å². The van der Waals surface area contributed by atoms with E-state index in [-0.39, 0.29) is 36.9 Å². The zero-order valence-electron chi connectivity index (χ0n) is 25.1. The lowest BCUT2D eigenvalue weighted by Crippen LogP contribution is -2.48. The van der Waals surface area contributed by atoms with Crippen LogP contribution in [0.3, 0.4) is 0 Å². The molecular weight excluding hydrogens is 566 g/mol. The van der Waals surface area contributed by atoms with E-state index in [1.165, 1.54) is 10.2 Å². The highest BCUT2D eigenvalue weighted by Gasteiger charge is 2.25. The van der Waals surface area contributed by atoms with Crippen LogP contribution in [-0.4, -0.2) is 44.9 Å². The minimum Gasteiger partial charge on any atom is -0.390 e. The Hall–Kier alpha value is -4.41. The summed E-state index contributed by atoms with van der Waals surface area (Å²) in [5.41, 5.74) is 3.09. The van der Waals surface area contributed by atoms with Crippen LogP contribution in [0.15, 0.2) is 77.6 Å². The Morgan fingerprint density at radius 2 is 1.59 bits per heavy atom. The molecule has 0 aliphatic rings. The Morgan fingerprint density at radius 1 is 0.909 bits per heavy atom. The lowest BCUT2D eigenvalue weighted by Gasteiger charge is -2.25. The summed E-state index contributed by atoms with van der Waals surface area (Å²) in [6.07, 6.45) is -0.725. The number of aromatic nitrogens is 2. The molecule has 0 unspecified atom stereocenters. The third-order valence-electron chi connectivity index (χ3n) is 7.68. The largest absolute Gasteiger partial charge is 0.390 e. The summed E-state index contributed by atoms with van der Waals surface area (Å²) in [4.78, 5) is 39.3. The first-order valence-electron chi connectivity index (χ1n) is 14.7. The van der Waals surface area contributed by atoms with E-state index in [1.807, 2.05) is 24.3 Å². The van der Waals surface area contributed by atoms with Crippen molar-refractivity contribution in [2.45, 2.75) is 58.2 Å². The molecule has 10 heteroatoms. The number of Topliss-reactive ketones (excluding diaryl/α,β-unsaturated/α-hetero) is 1. The van der Waals surface area contributed by atoms with Crippen LogP contribution in [0.5, 0.6) is 0 Å². The van der Waals surface area contributed by atoms with Crippen molar-refractivity contribution >= 4 is 11.7 Å². The van der Waals surface area contributed by atoms with Gasteiger partial charge in [-0.15, -0.1) is 0 Å². The molecule has 0 radical (unpaired) electrons. The van der Waals surface area contributed by atoms with Gasteiger partial charge in [-0.05, 0) is 60.7 Å². The molecule has 3 aromatic carbocycles. The molecule has 0 fully saturated rings.